The number of sulfonamides is 1. The van der Waals surface area contributed by atoms with E-state index < -0.39 is 16.1 Å². The molecule has 1 aromatic rings. The van der Waals surface area contributed by atoms with Gasteiger partial charge in [0.15, 0.2) is 0 Å². The fourth-order valence-corrected chi connectivity index (χ4v) is 5.83. The summed E-state index contributed by atoms with van der Waals surface area (Å²) in [5, 5.41) is 0. The third-order valence-corrected chi connectivity index (χ3v) is 7.12. The first-order valence-electron chi connectivity index (χ1n) is 7.53. The Labute approximate surface area is 140 Å². The Balaban J connectivity index is 1.82. The second kappa shape index (κ2) is 6.80. The fourth-order valence-electron chi connectivity index (χ4n) is 2.70. The number of carbonyl (C=O) groups is 1. The van der Waals surface area contributed by atoms with E-state index >= 15 is 0 Å². The Hall–Kier alpha value is -1.09. The van der Waals surface area contributed by atoms with E-state index in [1.54, 1.807) is 29.2 Å². The molecule has 0 N–H and O–H groups in total. The molecule has 2 aliphatic heterocycles. The van der Waals surface area contributed by atoms with E-state index in [1.807, 2.05) is 6.92 Å². The summed E-state index contributed by atoms with van der Waals surface area (Å²) in [6, 6.07) is 6.13. The lowest BCUT2D eigenvalue weighted by Gasteiger charge is -2.31. The quantitative estimate of drug-likeness (QED) is 0.806. The highest BCUT2D eigenvalue weighted by Gasteiger charge is 2.41. The monoisotopic (exact) mass is 356 g/mol. The van der Waals surface area contributed by atoms with Gasteiger partial charge in [-0.25, -0.2) is 8.42 Å². The predicted octanol–water partition coefficient (Wildman–Crippen LogP) is 0.917. The SMILES string of the molecule is Cc1ccc(S(=O)(=O)N2CSC[C@H]2C(=O)N2CCOCC2)cc1. The van der Waals surface area contributed by atoms with Crippen LogP contribution in [0.25, 0.3) is 0 Å². The lowest BCUT2D eigenvalue weighted by Crippen LogP contribution is -2.51. The average Bonchev–Trinajstić information content (AvgIpc) is 3.06. The molecule has 8 heteroatoms. The Morgan fingerprint density at radius 2 is 1.87 bits per heavy atom. The van der Waals surface area contributed by atoms with Crippen LogP contribution in [0.4, 0.5) is 0 Å². The minimum atomic E-state index is -3.65. The van der Waals surface area contributed by atoms with Crippen molar-refractivity contribution in [2.45, 2.75) is 17.9 Å². The van der Waals surface area contributed by atoms with Gasteiger partial charge < -0.3 is 9.64 Å². The van der Waals surface area contributed by atoms with Crippen molar-refractivity contribution >= 4 is 27.7 Å². The summed E-state index contributed by atoms with van der Waals surface area (Å²) in [7, 11) is -3.65. The maximum atomic E-state index is 12.9. The molecule has 1 atom stereocenters. The van der Waals surface area contributed by atoms with Crippen LogP contribution in [0.1, 0.15) is 5.56 Å². The van der Waals surface area contributed by atoms with E-state index in [2.05, 4.69) is 0 Å². The highest BCUT2D eigenvalue weighted by atomic mass is 32.2. The standard InChI is InChI=1S/C15H20N2O4S2/c1-12-2-4-13(5-3-12)23(19,20)17-11-22-10-14(17)15(18)16-6-8-21-9-7-16/h2-5,14H,6-11H2,1H3/t14-/m0/s1. The Morgan fingerprint density at radius 3 is 2.52 bits per heavy atom. The van der Waals surface area contributed by atoms with Gasteiger partial charge >= 0.3 is 0 Å². The summed E-state index contributed by atoms with van der Waals surface area (Å²) in [4.78, 5) is 14.6. The van der Waals surface area contributed by atoms with Crippen molar-refractivity contribution in [3.05, 3.63) is 29.8 Å². The van der Waals surface area contributed by atoms with E-state index in [0.29, 0.717) is 37.9 Å². The van der Waals surface area contributed by atoms with Gasteiger partial charge in [0.05, 0.1) is 24.0 Å². The van der Waals surface area contributed by atoms with Crippen molar-refractivity contribution in [1.82, 2.24) is 9.21 Å². The van der Waals surface area contributed by atoms with Crippen LogP contribution in [0.2, 0.25) is 0 Å². The molecule has 0 aliphatic carbocycles. The van der Waals surface area contributed by atoms with Crippen molar-refractivity contribution in [2.75, 3.05) is 37.9 Å². The summed E-state index contributed by atoms with van der Waals surface area (Å²) in [6.45, 7) is 3.98. The number of ether oxygens (including phenoxy) is 1. The van der Waals surface area contributed by atoms with Crippen LogP contribution < -0.4 is 0 Å². The van der Waals surface area contributed by atoms with Gasteiger partial charge in [0.2, 0.25) is 15.9 Å². The number of thioether (sulfide) groups is 1. The molecule has 2 heterocycles. The molecule has 0 spiro atoms. The summed E-state index contributed by atoms with van der Waals surface area (Å²) in [5.74, 6) is 0.701. The lowest BCUT2D eigenvalue weighted by atomic mass is 10.2. The van der Waals surface area contributed by atoms with Crippen LogP contribution in [0.5, 0.6) is 0 Å². The Morgan fingerprint density at radius 1 is 1.22 bits per heavy atom. The largest absolute Gasteiger partial charge is 0.378 e. The second-order valence-electron chi connectivity index (χ2n) is 5.66. The molecule has 0 unspecified atom stereocenters. The molecular weight excluding hydrogens is 336 g/mol. The molecular formula is C15H20N2O4S2. The van der Waals surface area contributed by atoms with E-state index in [4.69, 9.17) is 4.74 Å². The summed E-state index contributed by atoms with van der Waals surface area (Å²) in [6.07, 6.45) is 0. The third kappa shape index (κ3) is 3.40. The maximum absolute atomic E-state index is 12.9. The van der Waals surface area contributed by atoms with E-state index in [-0.39, 0.29) is 10.8 Å². The van der Waals surface area contributed by atoms with Crippen LogP contribution in [-0.4, -0.2) is 67.5 Å². The van der Waals surface area contributed by atoms with Crippen LogP contribution in [0, 0.1) is 6.92 Å². The summed E-state index contributed by atoms with van der Waals surface area (Å²) in [5.41, 5.74) is 1.00. The summed E-state index contributed by atoms with van der Waals surface area (Å²) >= 11 is 1.48. The molecule has 2 aliphatic rings. The molecule has 0 radical (unpaired) electrons. The Bertz CT molecular complexity index is 669. The van der Waals surface area contributed by atoms with Gasteiger partial charge in [0.25, 0.3) is 0 Å². The molecule has 0 saturated carbocycles. The first kappa shape index (κ1) is 16.8. The molecule has 2 saturated heterocycles. The molecule has 6 nitrogen and oxygen atoms in total. The van der Waals surface area contributed by atoms with Crippen molar-refractivity contribution in [2.24, 2.45) is 0 Å². The van der Waals surface area contributed by atoms with Crippen LogP contribution in [0.3, 0.4) is 0 Å². The van der Waals surface area contributed by atoms with E-state index in [1.165, 1.54) is 16.1 Å². The number of carbonyl (C=O) groups excluding carboxylic acids is 1. The third-order valence-electron chi connectivity index (χ3n) is 4.08. The van der Waals surface area contributed by atoms with Crippen LogP contribution >= 0.6 is 11.8 Å². The van der Waals surface area contributed by atoms with Gasteiger partial charge in [-0.1, -0.05) is 17.7 Å². The van der Waals surface area contributed by atoms with Crippen molar-refractivity contribution in [3.63, 3.8) is 0 Å². The first-order valence-corrected chi connectivity index (χ1v) is 10.1. The lowest BCUT2D eigenvalue weighted by molar-refractivity contribution is -0.138. The highest BCUT2D eigenvalue weighted by molar-refractivity contribution is 8.00. The number of amides is 1. The molecule has 0 aromatic heterocycles. The number of hydrogen-bond acceptors (Lipinski definition) is 5. The number of rotatable bonds is 3. The van der Waals surface area contributed by atoms with Crippen molar-refractivity contribution < 1.29 is 17.9 Å². The topological polar surface area (TPSA) is 66.9 Å². The van der Waals surface area contributed by atoms with Crippen molar-refractivity contribution in [1.29, 1.82) is 0 Å². The van der Waals surface area contributed by atoms with Gasteiger partial charge in [-0.3, -0.25) is 4.79 Å². The predicted molar refractivity (Wildman–Crippen MR) is 88.7 cm³/mol. The number of hydrogen-bond donors (Lipinski definition) is 0. The van der Waals surface area contributed by atoms with Crippen molar-refractivity contribution in [3.8, 4) is 0 Å². The minimum absolute atomic E-state index is 0.117. The van der Waals surface area contributed by atoms with Gasteiger partial charge in [0, 0.05) is 18.8 Å². The highest BCUT2D eigenvalue weighted by Crippen LogP contribution is 2.29. The zero-order valence-corrected chi connectivity index (χ0v) is 14.6. The number of morpholine rings is 1. The smallest absolute Gasteiger partial charge is 0.244 e. The normalized spacial score (nSPS) is 23.2. The average molecular weight is 356 g/mol. The zero-order chi connectivity index (χ0) is 16.4. The molecule has 2 fully saturated rings. The zero-order valence-electron chi connectivity index (χ0n) is 13.0. The van der Waals surface area contributed by atoms with Gasteiger partial charge in [0.1, 0.15) is 6.04 Å². The van der Waals surface area contributed by atoms with Gasteiger partial charge in [-0.2, -0.15) is 4.31 Å². The second-order valence-corrected chi connectivity index (χ2v) is 8.55. The summed E-state index contributed by atoms with van der Waals surface area (Å²) < 4.78 is 32.3. The minimum Gasteiger partial charge on any atom is -0.378 e. The molecule has 1 amide bonds. The van der Waals surface area contributed by atoms with E-state index in [9.17, 15) is 13.2 Å². The van der Waals surface area contributed by atoms with Crippen LogP contribution in [0.15, 0.2) is 29.2 Å². The number of benzene rings is 1. The first-order chi connectivity index (χ1) is 11.0. The van der Waals surface area contributed by atoms with E-state index in [0.717, 1.165) is 5.56 Å². The molecule has 3 rings (SSSR count). The molecule has 1 aromatic carbocycles. The number of nitrogens with zero attached hydrogens (tertiary/aromatic N) is 2. The van der Waals surface area contributed by atoms with Gasteiger partial charge in [-0.15, -0.1) is 11.8 Å². The molecule has 23 heavy (non-hydrogen) atoms. The molecule has 126 valence electrons. The Kier molecular flexibility index (Phi) is 4.96. The molecule has 0 bridgehead atoms. The maximum Gasteiger partial charge on any atom is 0.244 e. The van der Waals surface area contributed by atoms with Gasteiger partial charge in [-0.05, 0) is 19.1 Å². The number of aryl methyl sites for hydroxylation is 1. The van der Waals surface area contributed by atoms with Crippen LogP contribution in [-0.2, 0) is 19.6 Å². The fraction of sp³-hybridized carbons (Fsp3) is 0.533.